The fourth-order valence-electron chi connectivity index (χ4n) is 1.64. The van der Waals surface area contributed by atoms with E-state index in [0.29, 0.717) is 0 Å². The molecule has 0 amide bonds. The predicted octanol–water partition coefficient (Wildman–Crippen LogP) is 2.59. The van der Waals surface area contributed by atoms with Crippen LogP contribution in [0, 0.1) is 0 Å². The second kappa shape index (κ2) is 7.85. The molecule has 94 valence electrons. The molecule has 3 heteroatoms. The molecule has 0 aromatic carbocycles. The predicted molar refractivity (Wildman–Crippen MR) is 74.3 cm³/mol. The van der Waals surface area contributed by atoms with Crippen LogP contribution in [0.25, 0.3) is 0 Å². The summed E-state index contributed by atoms with van der Waals surface area (Å²) in [6, 6.07) is 4.21. The van der Waals surface area contributed by atoms with Crippen molar-refractivity contribution in [2.24, 2.45) is 0 Å². The maximum absolute atomic E-state index is 4.40. The molecule has 0 spiro atoms. The summed E-state index contributed by atoms with van der Waals surface area (Å²) in [5.41, 5.74) is 1.28. The van der Waals surface area contributed by atoms with Crippen LogP contribution in [0.5, 0.6) is 0 Å². The van der Waals surface area contributed by atoms with Gasteiger partial charge >= 0.3 is 0 Å². The maximum atomic E-state index is 4.40. The minimum absolute atomic E-state index is 0.909. The van der Waals surface area contributed by atoms with E-state index in [1.165, 1.54) is 5.56 Å². The second-order valence-corrected chi connectivity index (χ2v) is 4.16. The van der Waals surface area contributed by atoms with E-state index in [1.54, 1.807) is 0 Å². The van der Waals surface area contributed by atoms with Crippen LogP contribution in [0.2, 0.25) is 0 Å². The molecular weight excluding hydrogens is 210 g/mol. The molecule has 1 aromatic heterocycles. The third-order valence-electron chi connectivity index (χ3n) is 2.68. The van der Waals surface area contributed by atoms with Crippen molar-refractivity contribution in [2.45, 2.75) is 26.3 Å². The normalized spacial score (nSPS) is 10.2. The minimum Gasteiger partial charge on any atom is -0.360 e. The average molecular weight is 233 g/mol. The van der Waals surface area contributed by atoms with Crippen molar-refractivity contribution in [2.75, 3.05) is 25.0 Å². The first-order valence-corrected chi connectivity index (χ1v) is 6.25. The molecule has 0 aliphatic rings. The summed E-state index contributed by atoms with van der Waals surface area (Å²) in [5.74, 6) is 1.05. The molecular formula is C14H23N3. The zero-order valence-corrected chi connectivity index (χ0v) is 10.9. The van der Waals surface area contributed by atoms with Gasteiger partial charge in [0.2, 0.25) is 0 Å². The Labute approximate surface area is 105 Å². The van der Waals surface area contributed by atoms with Gasteiger partial charge in [-0.2, -0.15) is 0 Å². The molecule has 1 aromatic rings. The Morgan fingerprint density at radius 2 is 2.35 bits per heavy atom. The molecule has 0 unspecified atom stereocenters. The van der Waals surface area contributed by atoms with Crippen LogP contribution in [0.15, 0.2) is 31.0 Å². The van der Waals surface area contributed by atoms with Gasteiger partial charge in [0, 0.05) is 26.3 Å². The van der Waals surface area contributed by atoms with Gasteiger partial charge in [-0.05, 0) is 37.1 Å². The van der Waals surface area contributed by atoms with Gasteiger partial charge in [0.15, 0.2) is 0 Å². The highest BCUT2D eigenvalue weighted by Gasteiger charge is 2.02. The van der Waals surface area contributed by atoms with E-state index in [-0.39, 0.29) is 0 Å². The van der Waals surface area contributed by atoms with Crippen molar-refractivity contribution in [3.63, 3.8) is 0 Å². The lowest BCUT2D eigenvalue weighted by molar-refractivity contribution is 0.724. The first kappa shape index (κ1) is 13.7. The van der Waals surface area contributed by atoms with Crippen molar-refractivity contribution in [1.82, 2.24) is 10.3 Å². The van der Waals surface area contributed by atoms with Crippen molar-refractivity contribution in [3.05, 3.63) is 36.5 Å². The Hall–Kier alpha value is -1.35. The van der Waals surface area contributed by atoms with Crippen LogP contribution in [0.4, 0.5) is 5.82 Å². The van der Waals surface area contributed by atoms with Gasteiger partial charge in [-0.25, -0.2) is 4.98 Å². The van der Waals surface area contributed by atoms with Crippen LogP contribution >= 0.6 is 0 Å². The third-order valence-corrected chi connectivity index (χ3v) is 2.68. The van der Waals surface area contributed by atoms with Crippen molar-refractivity contribution in [1.29, 1.82) is 0 Å². The zero-order valence-electron chi connectivity index (χ0n) is 10.9. The number of anilines is 1. The summed E-state index contributed by atoms with van der Waals surface area (Å²) >= 11 is 0. The molecule has 3 nitrogen and oxygen atoms in total. The van der Waals surface area contributed by atoms with Gasteiger partial charge in [0.05, 0.1) is 0 Å². The molecule has 0 atom stereocenters. The fraction of sp³-hybridized carbons (Fsp3) is 0.500. The standard InChI is InChI=1S/C14H23N3/c1-4-6-7-10-17(3)14-11-13(8-9-16-14)12-15-5-2/h4,8-9,11,15H,1,5-7,10,12H2,2-3H3. The average Bonchev–Trinajstić information content (AvgIpc) is 2.37. The van der Waals surface area contributed by atoms with Gasteiger partial charge in [-0.15, -0.1) is 6.58 Å². The molecule has 1 heterocycles. The number of unbranched alkanes of at least 4 members (excludes halogenated alkanes) is 1. The molecule has 0 fully saturated rings. The van der Waals surface area contributed by atoms with Gasteiger partial charge in [0.1, 0.15) is 5.82 Å². The Morgan fingerprint density at radius 1 is 1.53 bits per heavy atom. The molecule has 0 aliphatic heterocycles. The van der Waals surface area contributed by atoms with E-state index in [9.17, 15) is 0 Å². The number of aromatic nitrogens is 1. The Kier molecular flexibility index (Phi) is 6.33. The van der Waals surface area contributed by atoms with Crippen LogP contribution in [-0.4, -0.2) is 25.1 Å². The highest BCUT2D eigenvalue weighted by Crippen LogP contribution is 2.11. The third kappa shape index (κ3) is 5.00. The van der Waals surface area contributed by atoms with E-state index >= 15 is 0 Å². The summed E-state index contributed by atoms with van der Waals surface area (Å²) in [4.78, 5) is 6.59. The molecule has 0 saturated heterocycles. The Morgan fingerprint density at radius 3 is 3.06 bits per heavy atom. The lowest BCUT2D eigenvalue weighted by Gasteiger charge is -2.18. The second-order valence-electron chi connectivity index (χ2n) is 4.16. The molecule has 0 saturated carbocycles. The lowest BCUT2D eigenvalue weighted by atomic mass is 10.2. The largest absolute Gasteiger partial charge is 0.360 e. The van der Waals surface area contributed by atoms with Gasteiger partial charge < -0.3 is 10.2 Å². The fourth-order valence-corrected chi connectivity index (χ4v) is 1.64. The van der Waals surface area contributed by atoms with E-state index in [4.69, 9.17) is 0 Å². The maximum Gasteiger partial charge on any atom is 0.128 e. The summed E-state index contributed by atoms with van der Waals surface area (Å²) in [6.45, 7) is 8.77. The SMILES string of the molecule is C=CCCCN(C)c1cc(CNCC)ccn1. The van der Waals surface area contributed by atoms with Crippen LogP contribution in [-0.2, 0) is 6.54 Å². The molecule has 0 bridgehead atoms. The Bertz CT molecular complexity index is 336. The lowest BCUT2D eigenvalue weighted by Crippen LogP contribution is -2.20. The highest BCUT2D eigenvalue weighted by molar-refractivity contribution is 5.39. The number of allylic oxidation sites excluding steroid dienone is 1. The van der Waals surface area contributed by atoms with E-state index < -0.39 is 0 Å². The quantitative estimate of drug-likeness (QED) is 0.552. The molecule has 0 aliphatic carbocycles. The van der Waals surface area contributed by atoms with Gasteiger partial charge in [-0.3, -0.25) is 0 Å². The highest BCUT2D eigenvalue weighted by atomic mass is 15.2. The smallest absolute Gasteiger partial charge is 0.128 e. The summed E-state index contributed by atoms with van der Waals surface area (Å²) in [5, 5.41) is 3.32. The summed E-state index contributed by atoms with van der Waals surface area (Å²) in [7, 11) is 2.09. The molecule has 17 heavy (non-hydrogen) atoms. The van der Waals surface area contributed by atoms with Gasteiger partial charge in [0.25, 0.3) is 0 Å². The van der Waals surface area contributed by atoms with E-state index in [1.807, 2.05) is 12.3 Å². The number of nitrogens with zero attached hydrogens (tertiary/aromatic N) is 2. The van der Waals surface area contributed by atoms with Gasteiger partial charge in [-0.1, -0.05) is 13.0 Å². The minimum atomic E-state index is 0.909. The van der Waals surface area contributed by atoms with Crippen LogP contribution < -0.4 is 10.2 Å². The monoisotopic (exact) mass is 233 g/mol. The van der Waals surface area contributed by atoms with Crippen LogP contribution in [0.3, 0.4) is 0 Å². The van der Waals surface area contributed by atoms with Crippen molar-refractivity contribution >= 4 is 5.82 Å². The van der Waals surface area contributed by atoms with Crippen LogP contribution in [0.1, 0.15) is 25.3 Å². The summed E-state index contributed by atoms with van der Waals surface area (Å²) < 4.78 is 0. The number of nitrogens with one attached hydrogen (secondary N) is 1. The summed E-state index contributed by atoms with van der Waals surface area (Å²) in [6.07, 6.45) is 6.02. The van der Waals surface area contributed by atoms with Crippen molar-refractivity contribution in [3.8, 4) is 0 Å². The molecule has 1 rings (SSSR count). The number of rotatable bonds is 8. The topological polar surface area (TPSA) is 28.2 Å². The number of hydrogen-bond acceptors (Lipinski definition) is 3. The van der Waals surface area contributed by atoms with E-state index in [2.05, 4.69) is 47.9 Å². The van der Waals surface area contributed by atoms with E-state index in [0.717, 1.165) is 38.3 Å². The Balaban J connectivity index is 2.53. The molecule has 0 radical (unpaired) electrons. The molecule has 1 N–H and O–H groups in total. The number of pyridine rings is 1. The number of hydrogen-bond donors (Lipinski definition) is 1. The van der Waals surface area contributed by atoms with Crippen molar-refractivity contribution < 1.29 is 0 Å². The zero-order chi connectivity index (χ0) is 12.5. The first-order chi connectivity index (χ1) is 8.27. The first-order valence-electron chi connectivity index (χ1n) is 6.25.